The Morgan fingerprint density at radius 1 is 1.19 bits per heavy atom. The van der Waals surface area contributed by atoms with E-state index >= 15 is 0 Å². The van der Waals surface area contributed by atoms with E-state index < -0.39 is 0 Å². The standard InChI is InChI=1S/C21H23N3O2/c25-14-17(12-15-6-2-1-3-7-15)22-21(26)19-10-11-20-23-18-9-5-4-8-16(18)13-24(19)20/h1-9,17,19,25H,10-14H2,(H,22,26)/t17-,19-/m0/s1. The van der Waals surface area contributed by atoms with E-state index in [1.807, 2.05) is 48.5 Å². The molecule has 4 rings (SSSR count). The molecule has 0 aromatic heterocycles. The second-order valence-corrected chi connectivity index (χ2v) is 6.92. The molecule has 5 nitrogen and oxygen atoms in total. The fourth-order valence-corrected chi connectivity index (χ4v) is 3.77. The summed E-state index contributed by atoms with van der Waals surface area (Å²) in [7, 11) is 0. The molecule has 2 aliphatic rings. The van der Waals surface area contributed by atoms with E-state index in [0.717, 1.165) is 42.0 Å². The molecule has 5 heteroatoms. The third-order valence-electron chi connectivity index (χ3n) is 5.13. The van der Waals surface area contributed by atoms with Gasteiger partial charge in [0.15, 0.2) is 0 Å². The van der Waals surface area contributed by atoms with Gasteiger partial charge in [0.1, 0.15) is 11.9 Å². The normalized spacial score (nSPS) is 19.3. The molecule has 2 atom stereocenters. The summed E-state index contributed by atoms with van der Waals surface area (Å²) in [5.74, 6) is 0.969. The van der Waals surface area contributed by atoms with Crippen molar-refractivity contribution in [3.05, 3.63) is 65.7 Å². The highest BCUT2D eigenvalue weighted by molar-refractivity contribution is 5.95. The Kier molecular flexibility index (Phi) is 4.71. The van der Waals surface area contributed by atoms with Gasteiger partial charge in [0, 0.05) is 13.0 Å². The van der Waals surface area contributed by atoms with Crippen molar-refractivity contribution in [1.29, 1.82) is 0 Å². The summed E-state index contributed by atoms with van der Waals surface area (Å²) in [6.45, 7) is 0.646. The maximum absolute atomic E-state index is 12.9. The molecule has 2 N–H and O–H groups in total. The van der Waals surface area contributed by atoms with Crippen molar-refractivity contribution in [2.75, 3.05) is 6.61 Å². The second kappa shape index (κ2) is 7.30. The highest BCUT2D eigenvalue weighted by atomic mass is 16.3. The van der Waals surface area contributed by atoms with Crippen LogP contribution in [-0.2, 0) is 17.8 Å². The third-order valence-corrected chi connectivity index (χ3v) is 5.13. The van der Waals surface area contributed by atoms with Crippen molar-refractivity contribution in [3.8, 4) is 0 Å². The van der Waals surface area contributed by atoms with Crippen molar-refractivity contribution in [1.82, 2.24) is 10.2 Å². The fourth-order valence-electron chi connectivity index (χ4n) is 3.77. The SMILES string of the molecule is O=C(N[C@H](CO)Cc1ccccc1)[C@@H]1CCC2=Nc3ccccc3CN21. The molecule has 1 saturated heterocycles. The van der Waals surface area contributed by atoms with Gasteiger partial charge in [-0.25, -0.2) is 4.99 Å². The van der Waals surface area contributed by atoms with Gasteiger partial charge in [-0.3, -0.25) is 4.79 Å². The number of amides is 1. The van der Waals surface area contributed by atoms with E-state index in [0.29, 0.717) is 6.42 Å². The summed E-state index contributed by atoms with van der Waals surface area (Å²) in [6, 6.07) is 17.5. The van der Waals surface area contributed by atoms with Crippen molar-refractivity contribution >= 4 is 17.4 Å². The fraction of sp³-hybridized carbons (Fsp3) is 0.333. The Morgan fingerprint density at radius 3 is 2.77 bits per heavy atom. The lowest BCUT2D eigenvalue weighted by Gasteiger charge is -2.30. The summed E-state index contributed by atoms with van der Waals surface area (Å²) >= 11 is 0. The van der Waals surface area contributed by atoms with Crippen LogP contribution in [0.2, 0.25) is 0 Å². The zero-order chi connectivity index (χ0) is 17.9. The molecule has 0 unspecified atom stereocenters. The number of benzene rings is 2. The van der Waals surface area contributed by atoms with Gasteiger partial charge in [0.2, 0.25) is 5.91 Å². The Morgan fingerprint density at radius 2 is 1.96 bits per heavy atom. The molecular formula is C21H23N3O2. The van der Waals surface area contributed by atoms with Crippen LogP contribution < -0.4 is 5.32 Å². The number of hydrogen-bond acceptors (Lipinski definition) is 4. The van der Waals surface area contributed by atoms with E-state index in [1.54, 1.807) is 0 Å². The smallest absolute Gasteiger partial charge is 0.243 e. The minimum absolute atomic E-state index is 0.0236. The molecule has 2 aromatic rings. The Bertz CT molecular complexity index is 819. The molecule has 0 radical (unpaired) electrons. The highest BCUT2D eigenvalue weighted by Crippen LogP contribution is 2.33. The molecule has 2 aromatic carbocycles. The van der Waals surface area contributed by atoms with Crippen LogP contribution in [0.5, 0.6) is 0 Å². The number of nitrogens with zero attached hydrogens (tertiary/aromatic N) is 2. The minimum atomic E-state index is -0.275. The number of rotatable bonds is 5. The minimum Gasteiger partial charge on any atom is -0.394 e. The molecule has 0 spiro atoms. The molecule has 1 fully saturated rings. The molecule has 2 heterocycles. The van der Waals surface area contributed by atoms with Gasteiger partial charge in [-0.2, -0.15) is 0 Å². The van der Waals surface area contributed by atoms with Gasteiger partial charge in [0.05, 0.1) is 18.3 Å². The molecule has 2 aliphatic heterocycles. The highest BCUT2D eigenvalue weighted by Gasteiger charge is 2.37. The number of aliphatic imine (C=N–C) groups is 1. The summed E-state index contributed by atoms with van der Waals surface area (Å²) in [5, 5.41) is 12.7. The van der Waals surface area contributed by atoms with Crippen LogP contribution in [-0.4, -0.2) is 40.4 Å². The average molecular weight is 349 g/mol. The van der Waals surface area contributed by atoms with Crippen LogP contribution in [0.25, 0.3) is 0 Å². The summed E-state index contributed by atoms with van der Waals surface area (Å²) in [5.41, 5.74) is 3.27. The van der Waals surface area contributed by atoms with Gasteiger partial charge in [-0.1, -0.05) is 48.5 Å². The molecule has 0 saturated carbocycles. The number of nitrogens with one attached hydrogen (secondary N) is 1. The maximum Gasteiger partial charge on any atom is 0.243 e. The number of carbonyl (C=O) groups is 1. The number of hydrogen-bond donors (Lipinski definition) is 2. The molecule has 1 amide bonds. The van der Waals surface area contributed by atoms with Crippen molar-refractivity contribution in [2.24, 2.45) is 4.99 Å². The first kappa shape index (κ1) is 16.8. The lowest BCUT2D eigenvalue weighted by atomic mass is 10.1. The quantitative estimate of drug-likeness (QED) is 0.871. The summed E-state index contributed by atoms with van der Waals surface area (Å²) in [6.07, 6.45) is 2.20. The summed E-state index contributed by atoms with van der Waals surface area (Å²) in [4.78, 5) is 19.7. The van der Waals surface area contributed by atoms with Crippen LogP contribution in [0.1, 0.15) is 24.0 Å². The third kappa shape index (κ3) is 3.35. The molecule has 26 heavy (non-hydrogen) atoms. The van der Waals surface area contributed by atoms with Crippen LogP contribution in [0.3, 0.4) is 0 Å². The van der Waals surface area contributed by atoms with E-state index in [1.165, 1.54) is 0 Å². The molecule has 134 valence electrons. The average Bonchev–Trinajstić information content (AvgIpc) is 3.09. The van der Waals surface area contributed by atoms with Crippen molar-refractivity contribution in [3.63, 3.8) is 0 Å². The predicted octanol–water partition coefficient (Wildman–Crippen LogP) is 2.41. The first-order valence-corrected chi connectivity index (χ1v) is 9.12. The topological polar surface area (TPSA) is 64.9 Å². The first-order chi connectivity index (χ1) is 12.7. The second-order valence-electron chi connectivity index (χ2n) is 6.92. The predicted molar refractivity (Wildman–Crippen MR) is 101 cm³/mol. The molecule has 0 bridgehead atoms. The number of aliphatic hydroxyl groups is 1. The summed E-state index contributed by atoms with van der Waals surface area (Å²) < 4.78 is 0. The number of carbonyl (C=O) groups excluding carboxylic acids is 1. The number of aliphatic hydroxyl groups excluding tert-OH is 1. The van der Waals surface area contributed by atoms with Gasteiger partial charge in [-0.15, -0.1) is 0 Å². The zero-order valence-electron chi connectivity index (χ0n) is 14.6. The van der Waals surface area contributed by atoms with E-state index in [4.69, 9.17) is 4.99 Å². The number of fused-ring (bicyclic) bond motifs is 2. The first-order valence-electron chi connectivity index (χ1n) is 9.12. The van der Waals surface area contributed by atoms with Gasteiger partial charge in [-0.05, 0) is 30.0 Å². The van der Waals surface area contributed by atoms with Crippen LogP contribution in [0.4, 0.5) is 5.69 Å². The molecular weight excluding hydrogens is 326 g/mol. The van der Waals surface area contributed by atoms with Crippen LogP contribution in [0.15, 0.2) is 59.6 Å². The Labute approximate surface area is 153 Å². The van der Waals surface area contributed by atoms with E-state index in [2.05, 4.69) is 16.3 Å². The lowest BCUT2D eigenvalue weighted by molar-refractivity contribution is -0.125. The van der Waals surface area contributed by atoms with Gasteiger partial charge < -0.3 is 15.3 Å². The lowest BCUT2D eigenvalue weighted by Crippen LogP contribution is -2.49. The number of amidine groups is 1. The monoisotopic (exact) mass is 349 g/mol. The van der Waals surface area contributed by atoms with E-state index in [-0.39, 0.29) is 24.6 Å². The van der Waals surface area contributed by atoms with Crippen LogP contribution in [0, 0.1) is 0 Å². The zero-order valence-corrected chi connectivity index (χ0v) is 14.6. The number of para-hydroxylation sites is 1. The van der Waals surface area contributed by atoms with Gasteiger partial charge >= 0.3 is 0 Å². The van der Waals surface area contributed by atoms with Crippen LogP contribution >= 0.6 is 0 Å². The van der Waals surface area contributed by atoms with E-state index in [9.17, 15) is 9.90 Å². The van der Waals surface area contributed by atoms with Gasteiger partial charge in [0.25, 0.3) is 0 Å². The van der Waals surface area contributed by atoms with Crippen molar-refractivity contribution < 1.29 is 9.90 Å². The Balaban J connectivity index is 1.44. The Hall–Kier alpha value is -2.66. The molecule has 0 aliphatic carbocycles. The van der Waals surface area contributed by atoms with Crippen molar-refractivity contribution in [2.45, 2.75) is 37.9 Å². The maximum atomic E-state index is 12.9. The largest absolute Gasteiger partial charge is 0.394 e.